The number of anilines is 2. The summed E-state index contributed by atoms with van der Waals surface area (Å²) in [7, 11) is 1.87. The first-order valence-corrected chi connectivity index (χ1v) is 14.8. The average Bonchev–Trinajstić information content (AvgIpc) is 3.52. The van der Waals surface area contributed by atoms with E-state index in [0.717, 1.165) is 42.4 Å². The predicted octanol–water partition coefficient (Wildman–Crippen LogP) is 6.09. The summed E-state index contributed by atoms with van der Waals surface area (Å²) in [5, 5.41) is 20.3. The molecule has 3 aromatic heterocycles. The number of carbonyl (C=O) groups excluding carboxylic acids is 1. The van der Waals surface area contributed by atoms with Crippen LogP contribution in [0.4, 0.5) is 21.0 Å². The smallest absolute Gasteiger partial charge is 0.323 e. The Morgan fingerprint density at radius 1 is 0.956 bits per heavy atom. The third-order valence-electron chi connectivity index (χ3n) is 7.96. The van der Waals surface area contributed by atoms with Gasteiger partial charge in [0.25, 0.3) is 0 Å². The van der Waals surface area contributed by atoms with Gasteiger partial charge in [-0.05, 0) is 67.6 Å². The van der Waals surface area contributed by atoms with Crippen LogP contribution in [0.3, 0.4) is 0 Å². The first kappa shape index (κ1) is 29.4. The standard InChI is InChI=1S/C34H32FN9O/c1-43-22-27(21-40-43)25-9-16-31(37-19-25)44(34(45)39-18-23-5-3-2-4-6-23)30-14-12-29(13-15-30)41-33-38-20-26(17-36)32(42-33)24-7-10-28(35)11-8-24/h2-11,16,19-22,29-30H,12-15,18H2,1H3,(H,39,45)(H,38,41,42). The predicted molar refractivity (Wildman–Crippen MR) is 169 cm³/mol. The van der Waals surface area contributed by atoms with Crippen LogP contribution in [0, 0.1) is 17.1 Å². The Morgan fingerprint density at radius 3 is 2.38 bits per heavy atom. The summed E-state index contributed by atoms with van der Waals surface area (Å²) in [4.78, 5) is 29.1. The van der Waals surface area contributed by atoms with Crippen LogP contribution in [-0.4, -0.2) is 42.8 Å². The number of hydrogen-bond donors (Lipinski definition) is 2. The van der Waals surface area contributed by atoms with Gasteiger partial charge in [-0.25, -0.2) is 24.1 Å². The number of amides is 2. The number of aryl methyl sites for hydroxylation is 1. The monoisotopic (exact) mass is 601 g/mol. The number of hydrogen-bond acceptors (Lipinski definition) is 7. The molecule has 1 aliphatic rings. The summed E-state index contributed by atoms with van der Waals surface area (Å²) in [6, 6.07) is 21.5. The lowest BCUT2D eigenvalue weighted by Crippen LogP contribution is -2.49. The van der Waals surface area contributed by atoms with Crippen molar-refractivity contribution in [2.24, 2.45) is 7.05 Å². The van der Waals surface area contributed by atoms with Crippen LogP contribution in [0.2, 0.25) is 0 Å². The molecule has 45 heavy (non-hydrogen) atoms. The molecule has 10 nitrogen and oxygen atoms in total. The number of rotatable bonds is 8. The van der Waals surface area contributed by atoms with E-state index in [4.69, 9.17) is 4.98 Å². The first-order chi connectivity index (χ1) is 22.0. The SMILES string of the molecule is Cn1cc(-c2ccc(N(C(=O)NCc3ccccc3)C3CCC(Nc4ncc(C#N)c(-c5ccc(F)cc5)n4)CC3)nc2)cn1. The van der Waals surface area contributed by atoms with Gasteiger partial charge in [-0.2, -0.15) is 10.4 Å². The minimum Gasteiger partial charge on any atom is -0.351 e. The van der Waals surface area contributed by atoms with E-state index in [1.807, 2.05) is 55.7 Å². The molecule has 226 valence electrons. The fraction of sp³-hybridized carbons (Fsp3) is 0.235. The zero-order valence-corrected chi connectivity index (χ0v) is 24.8. The molecule has 1 fully saturated rings. The van der Waals surface area contributed by atoms with Crippen molar-refractivity contribution in [3.05, 3.63) is 108 Å². The van der Waals surface area contributed by atoms with E-state index in [1.54, 1.807) is 34.1 Å². The largest absolute Gasteiger partial charge is 0.351 e. The van der Waals surface area contributed by atoms with Gasteiger partial charge in [0.05, 0.1) is 23.7 Å². The highest BCUT2D eigenvalue weighted by molar-refractivity contribution is 5.91. The van der Waals surface area contributed by atoms with Crippen LogP contribution in [0.5, 0.6) is 0 Å². The lowest BCUT2D eigenvalue weighted by molar-refractivity contribution is 0.240. The minimum atomic E-state index is -0.358. The Hall–Kier alpha value is -5.63. The van der Waals surface area contributed by atoms with Crippen molar-refractivity contribution in [2.75, 3.05) is 10.2 Å². The third kappa shape index (κ3) is 6.96. The molecule has 6 rings (SSSR count). The molecule has 0 aliphatic heterocycles. The van der Waals surface area contributed by atoms with E-state index in [2.05, 4.69) is 31.8 Å². The number of urea groups is 1. The Bertz CT molecular complexity index is 1790. The zero-order chi connectivity index (χ0) is 31.2. The molecule has 5 aromatic rings. The van der Waals surface area contributed by atoms with Crippen molar-refractivity contribution in [2.45, 2.75) is 44.3 Å². The normalized spacial score (nSPS) is 16.0. The molecule has 11 heteroatoms. The highest BCUT2D eigenvalue weighted by atomic mass is 19.1. The fourth-order valence-corrected chi connectivity index (χ4v) is 5.61. The van der Waals surface area contributed by atoms with Gasteiger partial charge in [0.2, 0.25) is 5.95 Å². The number of benzene rings is 2. The first-order valence-electron chi connectivity index (χ1n) is 14.8. The Labute approximate surface area is 260 Å². The Morgan fingerprint density at radius 2 is 1.71 bits per heavy atom. The molecule has 1 aliphatic carbocycles. The average molecular weight is 602 g/mol. The maximum absolute atomic E-state index is 13.7. The van der Waals surface area contributed by atoms with Crippen molar-refractivity contribution in [3.63, 3.8) is 0 Å². The van der Waals surface area contributed by atoms with Crippen LogP contribution in [0.15, 0.2) is 91.5 Å². The number of carbonyl (C=O) groups is 1. The lowest BCUT2D eigenvalue weighted by atomic mass is 9.90. The van der Waals surface area contributed by atoms with E-state index < -0.39 is 0 Å². The van der Waals surface area contributed by atoms with Gasteiger partial charge in [-0.15, -0.1) is 0 Å². The second kappa shape index (κ2) is 13.3. The molecule has 2 aromatic carbocycles. The molecule has 0 bridgehead atoms. The number of nitriles is 1. The summed E-state index contributed by atoms with van der Waals surface area (Å²) in [6.07, 6.45) is 10.0. The molecular formula is C34H32FN9O. The van der Waals surface area contributed by atoms with E-state index in [9.17, 15) is 14.4 Å². The van der Waals surface area contributed by atoms with Gasteiger partial charge in [0.15, 0.2) is 0 Å². The lowest BCUT2D eigenvalue weighted by Gasteiger charge is -2.36. The van der Waals surface area contributed by atoms with Crippen molar-refractivity contribution >= 4 is 17.8 Å². The van der Waals surface area contributed by atoms with Gasteiger partial charge < -0.3 is 10.6 Å². The molecule has 0 spiro atoms. The van der Waals surface area contributed by atoms with Gasteiger partial charge in [0, 0.05) is 54.8 Å². The molecule has 0 radical (unpaired) electrons. The highest BCUT2D eigenvalue weighted by Gasteiger charge is 2.31. The summed E-state index contributed by atoms with van der Waals surface area (Å²) in [5.41, 5.74) is 4.30. The zero-order valence-electron chi connectivity index (χ0n) is 24.8. The molecule has 1 saturated carbocycles. The highest BCUT2D eigenvalue weighted by Crippen LogP contribution is 2.30. The summed E-state index contributed by atoms with van der Waals surface area (Å²) < 4.78 is 15.2. The third-order valence-corrected chi connectivity index (χ3v) is 7.96. The number of pyridine rings is 1. The van der Waals surface area contributed by atoms with Crippen molar-refractivity contribution in [1.82, 2.24) is 30.0 Å². The molecule has 0 unspecified atom stereocenters. The fourth-order valence-electron chi connectivity index (χ4n) is 5.61. The van der Waals surface area contributed by atoms with E-state index in [-0.39, 0.29) is 23.9 Å². The Kier molecular flexibility index (Phi) is 8.73. The molecule has 0 atom stereocenters. The van der Waals surface area contributed by atoms with Gasteiger partial charge in [-0.1, -0.05) is 30.3 Å². The van der Waals surface area contributed by atoms with Crippen LogP contribution in [0.1, 0.15) is 36.8 Å². The molecule has 3 heterocycles. The second-order valence-electron chi connectivity index (χ2n) is 11.0. The quantitative estimate of drug-likeness (QED) is 0.221. The summed E-state index contributed by atoms with van der Waals surface area (Å²) >= 11 is 0. The molecule has 2 N–H and O–H groups in total. The topological polar surface area (TPSA) is 125 Å². The van der Waals surface area contributed by atoms with Gasteiger partial charge in [-0.3, -0.25) is 9.58 Å². The van der Waals surface area contributed by atoms with Crippen LogP contribution < -0.4 is 15.5 Å². The van der Waals surface area contributed by atoms with Crippen LogP contribution >= 0.6 is 0 Å². The van der Waals surface area contributed by atoms with Crippen molar-refractivity contribution in [1.29, 1.82) is 5.26 Å². The van der Waals surface area contributed by atoms with Crippen LogP contribution in [0.25, 0.3) is 22.4 Å². The van der Waals surface area contributed by atoms with Gasteiger partial charge >= 0.3 is 6.03 Å². The second-order valence-corrected chi connectivity index (χ2v) is 11.0. The number of halogens is 1. The molecule has 0 saturated heterocycles. The maximum atomic E-state index is 13.7. The summed E-state index contributed by atoms with van der Waals surface area (Å²) in [5.74, 6) is 0.634. The summed E-state index contributed by atoms with van der Waals surface area (Å²) in [6.45, 7) is 0.410. The van der Waals surface area contributed by atoms with Crippen LogP contribution in [-0.2, 0) is 13.6 Å². The maximum Gasteiger partial charge on any atom is 0.323 e. The van der Waals surface area contributed by atoms with Gasteiger partial charge in [0.1, 0.15) is 17.7 Å². The van der Waals surface area contributed by atoms with Crippen molar-refractivity contribution in [3.8, 4) is 28.5 Å². The van der Waals surface area contributed by atoms with Crippen molar-refractivity contribution < 1.29 is 9.18 Å². The van der Waals surface area contributed by atoms with E-state index >= 15 is 0 Å². The van der Waals surface area contributed by atoms with E-state index in [1.165, 1.54) is 18.3 Å². The number of aromatic nitrogens is 5. The Balaban J connectivity index is 1.17. The van der Waals surface area contributed by atoms with E-state index in [0.29, 0.717) is 35.1 Å². The number of nitrogens with one attached hydrogen (secondary N) is 2. The minimum absolute atomic E-state index is 0.0628. The molecule has 2 amide bonds. The molecular weight excluding hydrogens is 569 g/mol. The number of nitrogens with zero attached hydrogens (tertiary/aromatic N) is 7.